The summed E-state index contributed by atoms with van der Waals surface area (Å²) in [5.74, 6) is 0.908. The van der Waals surface area contributed by atoms with Crippen molar-refractivity contribution in [1.29, 1.82) is 0 Å². The minimum absolute atomic E-state index is 0.0950. The first kappa shape index (κ1) is 20.4. The second-order valence-corrected chi connectivity index (χ2v) is 7.88. The smallest absolute Gasteiger partial charge is 0.255 e. The number of carbonyl (C=O) groups excluding carboxylic acids is 1. The third-order valence-corrected chi connectivity index (χ3v) is 5.63. The number of likely N-dealkylation sites (tertiary alicyclic amines) is 1. The number of amides is 1. The summed E-state index contributed by atoms with van der Waals surface area (Å²) in [5.41, 5.74) is 2.00. The standard InChI is InChI=1S/C24H27FN2O3/c1-3-21-23(24(28)26-18-9-11-27(2)12-10-18)20-14-19(7-8-22(20)30-21)29-15-16-5-4-6-17(25)13-16/h4-8,13-14,18H,3,9-12,15H2,1-2H3,(H,26,28). The van der Waals surface area contributed by atoms with E-state index in [4.69, 9.17) is 9.15 Å². The van der Waals surface area contributed by atoms with Crippen LogP contribution >= 0.6 is 0 Å². The maximum Gasteiger partial charge on any atom is 0.255 e. The van der Waals surface area contributed by atoms with E-state index in [2.05, 4.69) is 17.3 Å². The van der Waals surface area contributed by atoms with Crippen molar-refractivity contribution in [2.75, 3.05) is 20.1 Å². The number of nitrogens with one attached hydrogen (secondary N) is 1. The molecule has 0 aliphatic carbocycles. The van der Waals surface area contributed by atoms with Crippen LogP contribution in [-0.2, 0) is 13.0 Å². The maximum atomic E-state index is 13.4. The molecular formula is C24H27FN2O3. The van der Waals surface area contributed by atoms with Gasteiger partial charge >= 0.3 is 0 Å². The van der Waals surface area contributed by atoms with Gasteiger partial charge < -0.3 is 19.4 Å². The number of benzene rings is 2. The van der Waals surface area contributed by atoms with Crippen molar-refractivity contribution in [1.82, 2.24) is 10.2 Å². The number of rotatable bonds is 6. The quantitative estimate of drug-likeness (QED) is 0.648. The Morgan fingerprint density at radius 3 is 2.77 bits per heavy atom. The molecule has 0 bridgehead atoms. The zero-order valence-electron chi connectivity index (χ0n) is 17.4. The Labute approximate surface area is 175 Å². The van der Waals surface area contributed by atoms with Crippen molar-refractivity contribution < 1.29 is 18.3 Å². The van der Waals surface area contributed by atoms with Crippen LogP contribution in [0.25, 0.3) is 11.0 Å². The minimum Gasteiger partial charge on any atom is -0.489 e. The van der Waals surface area contributed by atoms with E-state index in [1.807, 2.05) is 31.2 Å². The molecule has 2 aromatic carbocycles. The summed E-state index contributed by atoms with van der Waals surface area (Å²) in [5, 5.41) is 3.93. The fourth-order valence-corrected chi connectivity index (χ4v) is 3.92. The molecule has 0 spiro atoms. The summed E-state index contributed by atoms with van der Waals surface area (Å²) >= 11 is 0. The average Bonchev–Trinajstić information content (AvgIpc) is 3.12. The Kier molecular flexibility index (Phi) is 6.04. The van der Waals surface area contributed by atoms with Gasteiger partial charge in [0.15, 0.2) is 0 Å². The molecule has 2 heterocycles. The van der Waals surface area contributed by atoms with E-state index in [9.17, 15) is 9.18 Å². The first-order valence-corrected chi connectivity index (χ1v) is 10.5. The van der Waals surface area contributed by atoms with Crippen molar-refractivity contribution in [2.24, 2.45) is 0 Å². The summed E-state index contributed by atoms with van der Waals surface area (Å²) in [6, 6.07) is 12.0. The van der Waals surface area contributed by atoms with Crippen molar-refractivity contribution in [3.8, 4) is 5.75 Å². The first-order chi connectivity index (χ1) is 14.5. The number of aryl methyl sites for hydroxylation is 1. The van der Waals surface area contributed by atoms with Gasteiger partial charge in [0, 0.05) is 17.8 Å². The lowest BCUT2D eigenvalue weighted by molar-refractivity contribution is 0.0916. The van der Waals surface area contributed by atoms with E-state index >= 15 is 0 Å². The van der Waals surface area contributed by atoms with Gasteiger partial charge in [0.05, 0.1) is 5.56 Å². The molecule has 0 atom stereocenters. The normalized spacial score (nSPS) is 15.4. The van der Waals surface area contributed by atoms with Gasteiger partial charge in [-0.25, -0.2) is 4.39 Å². The highest BCUT2D eigenvalue weighted by molar-refractivity contribution is 6.07. The number of piperidine rings is 1. The lowest BCUT2D eigenvalue weighted by Gasteiger charge is -2.29. The molecule has 1 saturated heterocycles. The number of furan rings is 1. The summed E-state index contributed by atoms with van der Waals surface area (Å²) < 4.78 is 25.2. The van der Waals surface area contributed by atoms with Crippen molar-refractivity contribution in [3.63, 3.8) is 0 Å². The summed E-state index contributed by atoms with van der Waals surface area (Å²) in [6.07, 6.45) is 2.52. The molecule has 3 aromatic rings. The number of fused-ring (bicyclic) bond motifs is 1. The SMILES string of the molecule is CCc1oc2ccc(OCc3cccc(F)c3)cc2c1C(=O)NC1CCN(C)CC1. The minimum atomic E-state index is -0.290. The molecule has 1 amide bonds. The second kappa shape index (κ2) is 8.88. The molecule has 158 valence electrons. The van der Waals surface area contributed by atoms with Gasteiger partial charge in [-0.15, -0.1) is 0 Å². The van der Waals surface area contributed by atoms with Crippen LogP contribution in [0.15, 0.2) is 46.9 Å². The molecule has 0 unspecified atom stereocenters. The molecule has 1 aliphatic heterocycles. The van der Waals surface area contributed by atoms with E-state index in [0.717, 1.165) is 36.9 Å². The fraction of sp³-hybridized carbons (Fsp3) is 0.375. The van der Waals surface area contributed by atoms with E-state index in [1.54, 1.807) is 6.07 Å². The fourth-order valence-electron chi connectivity index (χ4n) is 3.92. The van der Waals surface area contributed by atoms with Crippen LogP contribution in [0.1, 0.15) is 41.4 Å². The van der Waals surface area contributed by atoms with Crippen molar-refractivity contribution in [2.45, 2.75) is 38.8 Å². The average molecular weight is 410 g/mol. The molecule has 1 fully saturated rings. The predicted molar refractivity (Wildman–Crippen MR) is 114 cm³/mol. The number of carbonyl (C=O) groups is 1. The predicted octanol–water partition coefficient (Wildman–Crippen LogP) is 4.54. The van der Waals surface area contributed by atoms with E-state index in [0.29, 0.717) is 29.1 Å². The van der Waals surface area contributed by atoms with Gasteiger partial charge in [0.1, 0.15) is 29.5 Å². The molecule has 6 heteroatoms. The van der Waals surface area contributed by atoms with Crippen molar-refractivity contribution >= 4 is 16.9 Å². The molecule has 0 radical (unpaired) electrons. The van der Waals surface area contributed by atoms with Gasteiger partial charge in [0.25, 0.3) is 5.91 Å². The number of nitrogens with zero attached hydrogens (tertiary/aromatic N) is 1. The molecule has 0 saturated carbocycles. The number of halogens is 1. The molecule has 1 N–H and O–H groups in total. The number of ether oxygens (including phenoxy) is 1. The molecule has 5 nitrogen and oxygen atoms in total. The summed E-state index contributed by atoms with van der Waals surface area (Å²) in [7, 11) is 2.10. The number of hydrogen-bond donors (Lipinski definition) is 1. The Morgan fingerprint density at radius 2 is 2.03 bits per heavy atom. The van der Waals surface area contributed by atoms with E-state index in [1.165, 1.54) is 12.1 Å². The lowest BCUT2D eigenvalue weighted by atomic mass is 10.0. The first-order valence-electron chi connectivity index (χ1n) is 10.5. The highest BCUT2D eigenvalue weighted by Crippen LogP contribution is 2.30. The molecular weight excluding hydrogens is 383 g/mol. The lowest BCUT2D eigenvalue weighted by Crippen LogP contribution is -2.43. The molecule has 1 aliphatic rings. The molecule has 30 heavy (non-hydrogen) atoms. The highest BCUT2D eigenvalue weighted by atomic mass is 19.1. The largest absolute Gasteiger partial charge is 0.489 e. The van der Waals surface area contributed by atoms with Crippen LogP contribution in [0, 0.1) is 5.82 Å². The molecule has 4 rings (SSSR count). The van der Waals surface area contributed by atoms with Gasteiger partial charge in [-0.05, 0) is 68.9 Å². The second-order valence-electron chi connectivity index (χ2n) is 7.88. The Hall–Kier alpha value is -2.86. The van der Waals surface area contributed by atoms with Crippen LogP contribution < -0.4 is 10.1 Å². The van der Waals surface area contributed by atoms with Gasteiger partial charge in [0.2, 0.25) is 0 Å². The van der Waals surface area contributed by atoms with Crippen LogP contribution in [0.3, 0.4) is 0 Å². The van der Waals surface area contributed by atoms with Gasteiger partial charge in [-0.1, -0.05) is 19.1 Å². The third kappa shape index (κ3) is 4.49. The summed E-state index contributed by atoms with van der Waals surface area (Å²) in [4.78, 5) is 15.4. The van der Waals surface area contributed by atoms with Crippen LogP contribution in [0.4, 0.5) is 4.39 Å². The Balaban J connectivity index is 1.55. The van der Waals surface area contributed by atoms with Crippen molar-refractivity contribution in [3.05, 3.63) is 65.2 Å². The molecule has 1 aromatic heterocycles. The zero-order valence-corrected chi connectivity index (χ0v) is 17.4. The van der Waals surface area contributed by atoms with E-state index in [-0.39, 0.29) is 24.4 Å². The topological polar surface area (TPSA) is 54.7 Å². The van der Waals surface area contributed by atoms with E-state index < -0.39 is 0 Å². The Morgan fingerprint density at radius 1 is 1.23 bits per heavy atom. The third-order valence-electron chi connectivity index (χ3n) is 5.63. The maximum absolute atomic E-state index is 13.4. The monoisotopic (exact) mass is 410 g/mol. The van der Waals surface area contributed by atoms with Gasteiger partial charge in [-0.2, -0.15) is 0 Å². The van der Waals surface area contributed by atoms with Crippen LogP contribution in [0.2, 0.25) is 0 Å². The van der Waals surface area contributed by atoms with Gasteiger partial charge in [-0.3, -0.25) is 4.79 Å². The number of hydrogen-bond acceptors (Lipinski definition) is 4. The summed E-state index contributed by atoms with van der Waals surface area (Å²) in [6.45, 7) is 4.19. The van der Waals surface area contributed by atoms with Crippen LogP contribution in [0.5, 0.6) is 5.75 Å². The highest BCUT2D eigenvalue weighted by Gasteiger charge is 2.24. The van der Waals surface area contributed by atoms with Crippen LogP contribution in [-0.4, -0.2) is 37.0 Å². The Bertz CT molecular complexity index is 1040. The zero-order chi connectivity index (χ0) is 21.1.